The molecule has 0 saturated heterocycles. The largest absolute Gasteiger partial charge is 0.368 e. The van der Waals surface area contributed by atoms with Gasteiger partial charge < -0.3 is 11.1 Å². The Balaban J connectivity index is 2.57. The standard InChI is InChI=1S/C9H18N2O/c1-6(2)11-9(8(10)12)4-7(3)5-9/h6-7,11H,4-5H2,1-3H3,(H2,10,12). The van der Waals surface area contributed by atoms with E-state index in [0.717, 1.165) is 12.8 Å². The zero-order valence-electron chi connectivity index (χ0n) is 8.05. The minimum atomic E-state index is -0.395. The van der Waals surface area contributed by atoms with Crippen LogP contribution in [-0.4, -0.2) is 17.5 Å². The van der Waals surface area contributed by atoms with E-state index in [1.807, 2.05) is 13.8 Å². The van der Waals surface area contributed by atoms with Crippen molar-refractivity contribution < 1.29 is 4.79 Å². The molecule has 12 heavy (non-hydrogen) atoms. The highest BCUT2D eigenvalue weighted by Crippen LogP contribution is 2.37. The highest BCUT2D eigenvalue weighted by atomic mass is 16.1. The van der Waals surface area contributed by atoms with Gasteiger partial charge in [-0.25, -0.2) is 0 Å². The molecule has 3 N–H and O–H groups in total. The van der Waals surface area contributed by atoms with Crippen LogP contribution < -0.4 is 11.1 Å². The molecule has 0 radical (unpaired) electrons. The van der Waals surface area contributed by atoms with Gasteiger partial charge in [0.2, 0.25) is 5.91 Å². The predicted molar refractivity (Wildman–Crippen MR) is 48.6 cm³/mol. The molecule has 0 spiro atoms. The second kappa shape index (κ2) is 3.05. The highest BCUT2D eigenvalue weighted by Gasteiger charge is 2.47. The van der Waals surface area contributed by atoms with Crippen LogP contribution in [0.15, 0.2) is 0 Å². The zero-order valence-corrected chi connectivity index (χ0v) is 8.05. The van der Waals surface area contributed by atoms with Crippen molar-refractivity contribution in [2.24, 2.45) is 11.7 Å². The van der Waals surface area contributed by atoms with Crippen molar-refractivity contribution in [3.63, 3.8) is 0 Å². The summed E-state index contributed by atoms with van der Waals surface area (Å²) in [6, 6.07) is 0.324. The van der Waals surface area contributed by atoms with Gasteiger partial charge >= 0.3 is 0 Å². The van der Waals surface area contributed by atoms with Crippen molar-refractivity contribution in [1.82, 2.24) is 5.32 Å². The molecule has 0 aliphatic heterocycles. The summed E-state index contributed by atoms with van der Waals surface area (Å²) in [6.45, 7) is 6.21. The maximum atomic E-state index is 11.1. The fourth-order valence-corrected chi connectivity index (χ4v) is 2.07. The summed E-state index contributed by atoms with van der Waals surface area (Å²) in [5.74, 6) is 0.429. The highest BCUT2D eigenvalue weighted by molar-refractivity contribution is 5.85. The maximum absolute atomic E-state index is 11.1. The lowest BCUT2D eigenvalue weighted by Crippen LogP contribution is -2.64. The van der Waals surface area contributed by atoms with Crippen LogP contribution in [0.2, 0.25) is 0 Å². The van der Waals surface area contributed by atoms with Crippen molar-refractivity contribution in [2.75, 3.05) is 0 Å². The number of hydrogen-bond acceptors (Lipinski definition) is 2. The molecule has 1 aliphatic rings. The zero-order chi connectivity index (χ0) is 9.35. The first-order valence-corrected chi connectivity index (χ1v) is 4.54. The van der Waals surface area contributed by atoms with E-state index in [9.17, 15) is 4.79 Å². The van der Waals surface area contributed by atoms with Crippen LogP contribution in [0, 0.1) is 5.92 Å². The van der Waals surface area contributed by atoms with Gasteiger partial charge in [-0.15, -0.1) is 0 Å². The van der Waals surface area contributed by atoms with E-state index in [4.69, 9.17) is 5.73 Å². The van der Waals surface area contributed by atoms with E-state index in [1.165, 1.54) is 0 Å². The van der Waals surface area contributed by atoms with E-state index in [-0.39, 0.29) is 5.91 Å². The van der Waals surface area contributed by atoms with E-state index >= 15 is 0 Å². The molecule has 0 aromatic heterocycles. The molecule has 0 heterocycles. The molecule has 0 aromatic carbocycles. The third-order valence-electron chi connectivity index (χ3n) is 2.43. The van der Waals surface area contributed by atoms with Gasteiger partial charge in [0.25, 0.3) is 0 Å². The smallest absolute Gasteiger partial charge is 0.237 e. The van der Waals surface area contributed by atoms with Gasteiger partial charge in [0, 0.05) is 6.04 Å². The van der Waals surface area contributed by atoms with E-state index in [2.05, 4.69) is 12.2 Å². The first-order chi connectivity index (χ1) is 5.46. The molecule has 1 amide bonds. The molecule has 1 fully saturated rings. The number of amides is 1. The predicted octanol–water partition coefficient (Wildman–Crippen LogP) is 0.638. The van der Waals surface area contributed by atoms with E-state index < -0.39 is 5.54 Å². The Morgan fingerprint density at radius 2 is 2.08 bits per heavy atom. The van der Waals surface area contributed by atoms with Crippen LogP contribution >= 0.6 is 0 Å². The van der Waals surface area contributed by atoms with Crippen LogP contribution in [0.25, 0.3) is 0 Å². The molecular formula is C9H18N2O. The lowest BCUT2D eigenvalue weighted by molar-refractivity contribution is -0.130. The normalized spacial score (nSPS) is 34.8. The molecule has 0 unspecified atom stereocenters. The van der Waals surface area contributed by atoms with Gasteiger partial charge in [-0.1, -0.05) is 6.92 Å². The Kier molecular flexibility index (Phi) is 2.42. The van der Waals surface area contributed by atoms with Crippen LogP contribution in [0.4, 0.5) is 0 Å². The minimum Gasteiger partial charge on any atom is -0.368 e. The van der Waals surface area contributed by atoms with Crippen molar-refractivity contribution in [2.45, 2.75) is 45.2 Å². The Morgan fingerprint density at radius 3 is 2.33 bits per heavy atom. The molecular weight excluding hydrogens is 152 g/mol. The van der Waals surface area contributed by atoms with Gasteiger partial charge in [-0.2, -0.15) is 0 Å². The number of rotatable bonds is 3. The second-order valence-corrected chi connectivity index (χ2v) is 4.26. The number of nitrogens with two attached hydrogens (primary N) is 1. The van der Waals surface area contributed by atoms with Crippen molar-refractivity contribution in [3.8, 4) is 0 Å². The third-order valence-corrected chi connectivity index (χ3v) is 2.43. The van der Waals surface area contributed by atoms with Gasteiger partial charge in [0.15, 0.2) is 0 Å². The van der Waals surface area contributed by atoms with Gasteiger partial charge in [-0.3, -0.25) is 4.79 Å². The molecule has 0 atom stereocenters. The van der Waals surface area contributed by atoms with Crippen LogP contribution in [0.3, 0.4) is 0 Å². The van der Waals surface area contributed by atoms with Crippen LogP contribution in [0.1, 0.15) is 33.6 Å². The first-order valence-electron chi connectivity index (χ1n) is 4.54. The van der Waals surface area contributed by atoms with E-state index in [1.54, 1.807) is 0 Å². The SMILES string of the molecule is CC1CC(NC(C)C)(C(N)=O)C1. The first kappa shape index (κ1) is 9.52. The topological polar surface area (TPSA) is 55.1 Å². The summed E-state index contributed by atoms with van der Waals surface area (Å²) in [5.41, 5.74) is 4.95. The monoisotopic (exact) mass is 170 g/mol. The van der Waals surface area contributed by atoms with Crippen LogP contribution in [0.5, 0.6) is 0 Å². The Hall–Kier alpha value is -0.570. The summed E-state index contributed by atoms with van der Waals surface area (Å²) in [4.78, 5) is 11.1. The number of carbonyl (C=O) groups excluding carboxylic acids is 1. The molecule has 3 nitrogen and oxygen atoms in total. The average molecular weight is 170 g/mol. The number of nitrogens with one attached hydrogen (secondary N) is 1. The molecule has 0 aromatic rings. The third kappa shape index (κ3) is 1.61. The fraction of sp³-hybridized carbons (Fsp3) is 0.889. The Morgan fingerprint density at radius 1 is 1.58 bits per heavy atom. The molecule has 1 aliphatic carbocycles. The lowest BCUT2D eigenvalue weighted by atomic mass is 9.68. The molecule has 1 saturated carbocycles. The molecule has 3 heteroatoms. The second-order valence-electron chi connectivity index (χ2n) is 4.26. The molecule has 0 bridgehead atoms. The summed E-state index contributed by atoms with van der Waals surface area (Å²) in [5, 5.41) is 3.25. The van der Waals surface area contributed by atoms with Crippen molar-refractivity contribution in [1.29, 1.82) is 0 Å². The number of carbonyl (C=O) groups is 1. The summed E-state index contributed by atoms with van der Waals surface area (Å²) >= 11 is 0. The van der Waals surface area contributed by atoms with Crippen molar-refractivity contribution in [3.05, 3.63) is 0 Å². The fourth-order valence-electron chi connectivity index (χ4n) is 2.07. The molecule has 1 rings (SSSR count). The Bertz CT molecular complexity index is 183. The lowest BCUT2D eigenvalue weighted by Gasteiger charge is -2.45. The minimum absolute atomic E-state index is 0.200. The summed E-state index contributed by atoms with van der Waals surface area (Å²) < 4.78 is 0. The summed E-state index contributed by atoms with van der Waals surface area (Å²) in [7, 11) is 0. The Labute approximate surface area is 73.7 Å². The average Bonchev–Trinajstić information content (AvgIpc) is 1.81. The van der Waals surface area contributed by atoms with Crippen LogP contribution in [-0.2, 0) is 4.79 Å². The molecule has 70 valence electrons. The van der Waals surface area contributed by atoms with Gasteiger partial charge in [0.1, 0.15) is 0 Å². The number of primary amides is 1. The van der Waals surface area contributed by atoms with E-state index in [0.29, 0.717) is 12.0 Å². The maximum Gasteiger partial charge on any atom is 0.237 e. The van der Waals surface area contributed by atoms with Gasteiger partial charge in [0.05, 0.1) is 5.54 Å². The quantitative estimate of drug-likeness (QED) is 0.653. The van der Waals surface area contributed by atoms with Gasteiger partial charge in [-0.05, 0) is 32.6 Å². The van der Waals surface area contributed by atoms with Crippen molar-refractivity contribution >= 4 is 5.91 Å². The summed E-state index contributed by atoms with van der Waals surface area (Å²) in [6.07, 6.45) is 1.78. The number of hydrogen-bond donors (Lipinski definition) is 2.